The molecule has 2 aromatic rings. The Morgan fingerprint density at radius 1 is 1.16 bits per heavy atom. The van der Waals surface area contributed by atoms with E-state index in [0.717, 1.165) is 16.7 Å². The Morgan fingerprint density at radius 2 is 1.88 bits per heavy atom. The Morgan fingerprint density at radius 3 is 2.52 bits per heavy atom. The van der Waals surface area contributed by atoms with E-state index in [1.54, 1.807) is 49.6 Å². The first-order valence-electron chi connectivity index (χ1n) is 7.90. The highest BCUT2D eigenvalue weighted by Gasteiger charge is 2.29. The predicted octanol–water partition coefficient (Wildman–Crippen LogP) is 2.78. The fraction of sp³-hybridized carbons (Fsp3) is 0.278. The Kier molecular flexibility index (Phi) is 4.78. The predicted molar refractivity (Wildman–Crippen MR) is 94.7 cm³/mol. The molecule has 0 aliphatic carbocycles. The number of benzene rings is 2. The average molecular weight is 360 g/mol. The van der Waals surface area contributed by atoms with Crippen LogP contribution in [0.2, 0.25) is 0 Å². The molecule has 132 valence electrons. The number of rotatable bonds is 3. The fourth-order valence-corrected chi connectivity index (χ4v) is 4.33. The van der Waals surface area contributed by atoms with E-state index in [1.165, 1.54) is 4.31 Å². The van der Waals surface area contributed by atoms with Crippen molar-refractivity contribution in [3.05, 3.63) is 59.2 Å². The van der Waals surface area contributed by atoms with Gasteiger partial charge in [0.1, 0.15) is 5.75 Å². The lowest BCUT2D eigenvalue weighted by Crippen LogP contribution is -2.31. The van der Waals surface area contributed by atoms with Crippen molar-refractivity contribution in [3.63, 3.8) is 0 Å². The van der Waals surface area contributed by atoms with Crippen molar-refractivity contribution in [2.45, 2.75) is 24.8 Å². The highest BCUT2D eigenvalue weighted by atomic mass is 32.2. The molecule has 0 unspecified atom stereocenters. The maximum absolute atomic E-state index is 13.0. The van der Waals surface area contributed by atoms with E-state index < -0.39 is 10.0 Å². The summed E-state index contributed by atoms with van der Waals surface area (Å²) in [5, 5.41) is 12.7. The number of oxime groups is 1. The van der Waals surface area contributed by atoms with Crippen LogP contribution >= 0.6 is 0 Å². The van der Waals surface area contributed by atoms with Crippen LogP contribution in [0, 0.1) is 6.92 Å². The number of hydrogen-bond acceptors (Lipinski definition) is 5. The molecule has 1 heterocycles. The zero-order valence-corrected chi connectivity index (χ0v) is 15.0. The number of sulfonamides is 1. The highest BCUT2D eigenvalue weighted by molar-refractivity contribution is 7.89. The molecule has 0 saturated heterocycles. The lowest BCUT2D eigenvalue weighted by Gasteiger charge is -2.20. The van der Waals surface area contributed by atoms with Gasteiger partial charge in [-0.1, -0.05) is 22.9 Å². The molecule has 25 heavy (non-hydrogen) atoms. The van der Waals surface area contributed by atoms with Gasteiger partial charge in [-0.2, -0.15) is 4.31 Å². The van der Waals surface area contributed by atoms with Crippen molar-refractivity contribution in [3.8, 4) is 5.75 Å². The second-order valence-electron chi connectivity index (χ2n) is 5.97. The quantitative estimate of drug-likeness (QED) is 0.674. The molecule has 1 aliphatic rings. The van der Waals surface area contributed by atoms with Gasteiger partial charge >= 0.3 is 0 Å². The number of hydrogen-bond donors (Lipinski definition) is 1. The van der Waals surface area contributed by atoms with E-state index in [2.05, 4.69) is 5.16 Å². The maximum atomic E-state index is 13.0. The van der Waals surface area contributed by atoms with E-state index >= 15 is 0 Å². The van der Waals surface area contributed by atoms with Crippen LogP contribution in [0.1, 0.15) is 23.1 Å². The first kappa shape index (κ1) is 17.4. The van der Waals surface area contributed by atoms with E-state index in [0.29, 0.717) is 17.9 Å². The summed E-state index contributed by atoms with van der Waals surface area (Å²) in [5.74, 6) is 0.630. The van der Waals surface area contributed by atoms with Crippen molar-refractivity contribution in [1.82, 2.24) is 4.31 Å². The third-order valence-electron chi connectivity index (χ3n) is 4.35. The summed E-state index contributed by atoms with van der Waals surface area (Å²) in [4.78, 5) is 0.256. The molecule has 1 N–H and O–H groups in total. The molecule has 0 fully saturated rings. The SMILES string of the molecule is COc1ccc2c(c1)CN(S(=O)(=O)c1ccc(C)cc1)CC/C2=N/O. The topological polar surface area (TPSA) is 79.2 Å². The van der Waals surface area contributed by atoms with Crippen LogP contribution < -0.4 is 4.74 Å². The van der Waals surface area contributed by atoms with Gasteiger partial charge in [-0.05, 0) is 42.8 Å². The van der Waals surface area contributed by atoms with Crippen molar-refractivity contribution in [2.24, 2.45) is 5.16 Å². The first-order chi connectivity index (χ1) is 12.0. The Labute approximate surface area is 147 Å². The molecular formula is C18H20N2O4S. The summed E-state index contributed by atoms with van der Waals surface area (Å²) in [6.07, 6.45) is 0.334. The maximum Gasteiger partial charge on any atom is 0.243 e. The zero-order valence-electron chi connectivity index (χ0n) is 14.1. The van der Waals surface area contributed by atoms with Gasteiger partial charge in [0.2, 0.25) is 10.0 Å². The number of nitrogens with zero attached hydrogens (tertiary/aromatic N) is 2. The summed E-state index contributed by atoms with van der Waals surface area (Å²) in [6, 6.07) is 12.1. The molecule has 2 aromatic carbocycles. The smallest absolute Gasteiger partial charge is 0.243 e. The number of ether oxygens (including phenoxy) is 1. The molecule has 0 saturated carbocycles. The number of fused-ring (bicyclic) bond motifs is 1. The normalized spacial score (nSPS) is 17.1. The average Bonchev–Trinajstić information content (AvgIpc) is 2.81. The second-order valence-corrected chi connectivity index (χ2v) is 7.91. The van der Waals surface area contributed by atoms with Crippen LogP contribution in [0.5, 0.6) is 5.75 Å². The van der Waals surface area contributed by atoms with Gasteiger partial charge in [0.05, 0.1) is 17.7 Å². The van der Waals surface area contributed by atoms with E-state index in [-0.39, 0.29) is 18.0 Å². The van der Waals surface area contributed by atoms with Gasteiger partial charge in [0.25, 0.3) is 0 Å². The van der Waals surface area contributed by atoms with E-state index in [9.17, 15) is 13.6 Å². The van der Waals surface area contributed by atoms with Gasteiger partial charge in [-0.15, -0.1) is 0 Å². The van der Waals surface area contributed by atoms with Crippen LogP contribution in [0.3, 0.4) is 0 Å². The van der Waals surface area contributed by atoms with Gasteiger partial charge in [0.15, 0.2) is 0 Å². The van der Waals surface area contributed by atoms with Gasteiger partial charge in [0, 0.05) is 25.1 Å². The molecule has 0 bridgehead atoms. The van der Waals surface area contributed by atoms with Gasteiger partial charge in [-0.3, -0.25) is 0 Å². The Balaban J connectivity index is 2.03. The first-order valence-corrected chi connectivity index (χ1v) is 9.35. The molecular weight excluding hydrogens is 340 g/mol. The van der Waals surface area contributed by atoms with Gasteiger partial charge in [-0.25, -0.2) is 8.42 Å². The molecule has 0 radical (unpaired) electrons. The molecule has 6 nitrogen and oxygen atoms in total. The lowest BCUT2D eigenvalue weighted by molar-refractivity contribution is 0.317. The largest absolute Gasteiger partial charge is 0.497 e. The summed E-state index contributed by atoms with van der Waals surface area (Å²) >= 11 is 0. The van der Waals surface area contributed by atoms with Crippen molar-refractivity contribution < 1.29 is 18.4 Å². The molecule has 0 amide bonds. The summed E-state index contributed by atoms with van der Waals surface area (Å²) in [7, 11) is -2.08. The Hall–Kier alpha value is -2.38. The van der Waals surface area contributed by atoms with Crippen LogP contribution in [-0.2, 0) is 16.6 Å². The van der Waals surface area contributed by atoms with Crippen molar-refractivity contribution >= 4 is 15.7 Å². The van der Waals surface area contributed by atoms with Crippen LogP contribution in [-0.4, -0.2) is 37.3 Å². The third-order valence-corrected chi connectivity index (χ3v) is 6.21. The summed E-state index contributed by atoms with van der Waals surface area (Å²) < 4.78 is 32.7. The minimum atomic E-state index is -3.64. The van der Waals surface area contributed by atoms with Crippen LogP contribution in [0.25, 0.3) is 0 Å². The fourth-order valence-electron chi connectivity index (χ4n) is 2.91. The molecule has 7 heteroatoms. The number of aryl methyl sites for hydroxylation is 1. The molecule has 0 aromatic heterocycles. The second kappa shape index (κ2) is 6.85. The minimum absolute atomic E-state index is 0.196. The minimum Gasteiger partial charge on any atom is -0.497 e. The summed E-state index contributed by atoms with van der Waals surface area (Å²) in [6.45, 7) is 2.35. The molecule has 3 rings (SSSR count). The summed E-state index contributed by atoms with van der Waals surface area (Å²) in [5.41, 5.74) is 2.96. The third kappa shape index (κ3) is 3.38. The standard InChI is InChI=1S/C18H20N2O4S/c1-13-3-6-16(7-4-13)25(22,23)20-10-9-18(19-21)17-8-5-15(24-2)11-14(17)12-20/h3-8,11,21H,9-10,12H2,1-2H3/b19-18-. The molecule has 0 spiro atoms. The highest BCUT2D eigenvalue weighted by Crippen LogP contribution is 2.27. The van der Waals surface area contributed by atoms with Crippen LogP contribution in [0.4, 0.5) is 0 Å². The molecule has 0 atom stereocenters. The molecule has 1 aliphatic heterocycles. The van der Waals surface area contributed by atoms with E-state index in [4.69, 9.17) is 4.74 Å². The van der Waals surface area contributed by atoms with Gasteiger partial charge < -0.3 is 9.94 Å². The zero-order chi connectivity index (χ0) is 18.0. The number of methoxy groups -OCH3 is 1. The monoisotopic (exact) mass is 360 g/mol. The van der Waals surface area contributed by atoms with E-state index in [1.807, 2.05) is 6.92 Å². The lowest BCUT2D eigenvalue weighted by atomic mass is 10.0. The van der Waals surface area contributed by atoms with Crippen molar-refractivity contribution in [2.75, 3.05) is 13.7 Å². The van der Waals surface area contributed by atoms with Crippen LogP contribution in [0.15, 0.2) is 52.5 Å². The Bertz CT molecular complexity index is 905. The van der Waals surface area contributed by atoms with Crippen molar-refractivity contribution in [1.29, 1.82) is 0 Å².